The van der Waals surface area contributed by atoms with Crippen LogP contribution in [0.5, 0.6) is 0 Å². The van der Waals surface area contributed by atoms with E-state index in [9.17, 15) is 19.8 Å². The van der Waals surface area contributed by atoms with Crippen LogP contribution in [0.4, 0.5) is 0 Å². The number of aliphatic carboxylic acids is 1. The number of carbonyl (C=O) groups excluding carboxylic acids is 1. The van der Waals surface area contributed by atoms with E-state index in [0.29, 0.717) is 0 Å². The quantitative estimate of drug-likeness (QED) is 0.302. The Morgan fingerprint density at radius 2 is 2.00 bits per heavy atom. The molecule has 9 heteroatoms. The number of carbonyl (C=O) groups is 2. The van der Waals surface area contributed by atoms with Crippen molar-refractivity contribution in [1.29, 1.82) is 0 Å². The number of rotatable bonds is 7. The van der Waals surface area contributed by atoms with Crippen LogP contribution in [0.1, 0.15) is 13.3 Å². The molecule has 1 aliphatic rings. The van der Waals surface area contributed by atoms with Gasteiger partial charge in [0.1, 0.15) is 18.3 Å². The standard InChI is InChI=1S/C13H21NO8/c1-6(17)14-10-7(2-3-15)4-9(13(20)21)22-12(10)11(19)8(18)5-16/h4,7-8,10-12,15-16,18-19H,2-3,5H2,1H3,(H,14,17)(H,20,21). The van der Waals surface area contributed by atoms with Crippen molar-refractivity contribution in [2.75, 3.05) is 13.2 Å². The first-order chi connectivity index (χ1) is 10.3. The summed E-state index contributed by atoms with van der Waals surface area (Å²) in [7, 11) is 0. The van der Waals surface area contributed by atoms with E-state index in [1.54, 1.807) is 0 Å². The maximum absolute atomic E-state index is 11.3. The maximum atomic E-state index is 11.3. The van der Waals surface area contributed by atoms with Crippen molar-refractivity contribution in [2.45, 2.75) is 37.7 Å². The summed E-state index contributed by atoms with van der Waals surface area (Å²) in [6.07, 6.45) is -3.09. The van der Waals surface area contributed by atoms with Gasteiger partial charge in [-0.2, -0.15) is 0 Å². The molecular formula is C13H21NO8. The highest BCUT2D eigenvalue weighted by Crippen LogP contribution is 2.28. The minimum absolute atomic E-state index is 0.128. The first-order valence-electron chi connectivity index (χ1n) is 6.78. The van der Waals surface area contributed by atoms with Crippen LogP contribution in [-0.2, 0) is 14.3 Å². The number of carboxylic acids is 1. The maximum Gasteiger partial charge on any atom is 0.370 e. The molecule has 22 heavy (non-hydrogen) atoms. The van der Waals surface area contributed by atoms with Crippen LogP contribution in [0, 0.1) is 5.92 Å². The van der Waals surface area contributed by atoms with Gasteiger partial charge < -0.3 is 35.6 Å². The van der Waals surface area contributed by atoms with Crippen molar-refractivity contribution < 1.29 is 39.9 Å². The predicted octanol–water partition coefficient (Wildman–Crippen LogP) is -2.43. The van der Waals surface area contributed by atoms with Crippen molar-refractivity contribution in [2.24, 2.45) is 5.92 Å². The van der Waals surface area contributed by atoms with Gasteiger partial charge >= 0.3 is 5.97 Å². The number of amides is 1. The molecule has 1 rings (SSSR count). The summed E-state index contributed by atoms with van der Waals surface area (Å²) >= 11 is 0. The topological polar surface area (TPSA) is 157 Å². The Hall–Kier alpha value is -1.68. The summed E-state index contributed by atoms with van der Waals surface area (Å²) < 4.78 is 5.17. The Morgan fingerprint density at radius 1 is 1.36 bits per heavy atom. The molecule has 9 nitrogen and oxygen atoms in total. The molecule has 0 saturated carbocycles. The molecule has 0 aliphatic carbocycles. The Morgan fingerprint density at radius 3 is 2.45 bits per heavy atom. The van der Waals surface area contributed by atoms with Gasteiger partial charge in [0.05, 0.1) is 12.6 Å². The summed E-state index contributed by atoms with van der Waals surface area (Å²) in [5.41, 5.74) is 0. The van der Waals surface area contributed by atoms with E-state index in [-0.39, 0.29) is 13.0 Å². The summed E-state index contributed by atoms with van der Waals surface area (Å²) in [4.78, 5) is 22.4. The fraction of sp³-hybridized carbons (Fsp3) is 0.692. The van der Waals surface area contributed by atoms with Gasteiger partial charge in [-0.15, -0.1) is 0 Å². The molecule has 6 N–H and O–H groups in total. The van der Waals surface area contributed by atoms with Gasteiger partial charge in [-0.05, 0) is 12.5 Å². The number of aliphatic hydroxyl groups excluding tert-OH is 4. The van der Waals surface area contributed by atoms with Crippen LogP contribution in [0.15, 0.2) is 11.8 Å². The Labute approximate surface area is 126 Å². The Balaban J connectivity index is 3.15. The lowest BCUT2D eigenvalue weighted by Gasteiger charge is -2.39. The molecule has 0 aromatic rings. The summed E-state index contributed by atoms with van der Waals surface area (Å²) in [5.74, 6) is -2.88. The second-order valence-electron chi connectivity index (χ2n) is 5.06. The molecule has 1 heterocycles. The number of ether oxygens (including phenoxy) is 1. The molecule has 1 aliphatic heterocycles. The highest BCUT2D eigenvalue weighted by atomic mass is 16.5. The van der Waals surface area contributed by atoms with Crippen LogP contribution < -0.4 is 5.32 Å². The number of hydrogen-bond acceptors (Lipinski definition) is 7. The average Bonchev–Trinajstić information content (AvgIpc) is 2.46. The number of aliphatic hydroxyl groups is 4. The molecule has 0 aromatic carbocycles. The van der Waals surface area contributed by atoms with Crippen molar-refractivity contribution >= 4 is 11.9 Å². The zero-order valence-electron chi connectivity index (χ0n) is 12.0. The zero-order valence-corrected chi connectivity index (χ0v) is 12.0. The van der Waals surface area contributed by atoms with E-state index in [2.05, 4.69) is 5.32 Å². The van der Waals surface area contributed by atoms with E-state index in [0.717, 1.165) is 0 Å². The third-order valence-corrected chi connectivity index (χ3v) is 3.40. The Bertz CT molecular complexity index is 438. The van der Waals surface area contributed by atoms with E-state index in [1.807, 2.05) is 0 Å². The molecule has 5 unspecified atom stereocenters. The van der Waals surface area contributed by atoms with Crippen molar-refractivity contribution in [3.05, 3.63) is 11.8 Å². The average molecular weight is 319 g/mol. The van der Waals surface area contributed by atoms with Crippen LogP contribution in [0.2, 0.25) is 0 Å². The molecule has 0 saturated heterocycles. The SMILES string of the molecule is CC(=O)NC1C(CCO)C=C(C(=O)O)OC1C(O)C(O)CO. The lowest BCUT2D eigenvalue weighted by atomic mass is 9.85. The smallest absolute Gasteiger partial charge is 0.370 e. The van der Waals surface area contributed by atoms with E-state index in [4.69, 9.17) is 20.1 Å². The summed E-state index contributed by atoms with van der Waals surface area (Å²) in [6, 6.07) is -0.857. The first kappa shape index (κ1) is 18.4. The van der Waals surface area contributed by atoms with Gasteiger partial charge in [0, 0.05) is 19.4 Å². The van der Waals surface area contributed by atoms with Gasteiger partial charge in [-0.25, -0.2) is 4.79 Å². The van der Waals surface area contributed by atoms with Crippen molar-refractivity contribution in [3.8, 4) is 0 Å². The largest absolute Gasteiger partial charge is 0.478 e. The minimum Gasteiger partial charge on any atom is -0.478 e. The second-order valence-corrected chi connectivity index (χ2v) is 5.06. The Kier molecular flexibility index (Phi) is 6.75. The molecular weight excluding hydrogens is 298 g/mol. The normalized spacial score (nSPS) is 27.3. The van der Waals surface area contributed by atoms with Crippen LogP contribution >= 0.6 is 0 Å². The molecule has 0 spiro atoms. The van der Waals surface area contributed by atoms with Crippen LogP contribution in [-0.4, -0.2) is 75.0 Å². The highest BCUT2D eigenvalue weighted by molar-refractivity contribution is 5.84. The lowest BCUT2D eigenvalue weighted by Crippen LogP contribution is -2.58. The van der Waals surface area contributed by atoms with Crippen LogP contribution in [0.25, 0.3) is 0 Å². The minimum atomic E-state index is -1.62. The predicted molar refractivity (Wildman–Crippen MR) is 72.5 cm³/mol. The third-order valence-electron chi connectivity index (χ3n) is 3.40. The third kappa shape index (κ3) is 4.41. The van der Waals surface area contributed by atoms with Gasteiger partial charge in [0.2, 0.25) is 11.7 Å². The van der Waals surface area contributed by atoms with E-state index >= 15 is 0 Å². The molecule has 1 amide bonds. The van der Waals surface area contributed by atoms with Crippen LogP contribution in [0.3, 0.4) is 0 Å². The van der Waals surface area contributed by atoms with Crippen molar-refractivity contribution in [1.82, 2.24) is 5.32 Å². The monoisotopic (exact) mass is 319 g/mol. The molecule has 5 atom stereocenters. The molecule has 0 fully saturated rings. The van der Waals surface area contributed by atoms with E-state index < -0.39 is 54.5 Å². The molecule has 0 aromatic heterocycles. The van der Waals surface area contributed by atoms with Gasteiger partial charge in [0.15, 0.2) is 0 Å². The van der Waals surface area contributed by atoms with Gasteiger partial charge in [-0.1, -0.05) is 0 Å². The highest BCUT2D eigenvalue weighted by Gasteiger charge is 2.43. The number of hydrogen-bond donors (Lipinski definition) is 6. The fourth-order valence-corrected chi connectivity index (χ4v) is 2.37. The van der Waals surface area contributed by atoms with Crippen molar-refractivity contribution in [3.63, 3.8) is 0 Å². The lowest BCUT2D eigenvalue weighted by molar-refractivity contribution is -0.147. The zero-order chi connectivity index (χ0) is 16.9. The molecule has 0 bridgehead atoms. The first-order valence-corrected chi connectivity index (χ1v) is 6.78. The molecule has 126 valence electrons. The number of nitrogens with one attached hydrogen (secondary N) is 1. The molecule has 0 radical (unpaired) electrons. The second kappa shape index (κ2) is 8.08. The fourth-order valence-electron chi connectivity index (χ4n) is 2.37. The summed E-state index contributed by atoms with van der Waals surface area (Å²) in [6.45, 7) is 0.207. The number of carboxylic acid groups (broad SMARTS) is 1. The van der Waals surface area contributed by atoms with Gasteiger partial charge in [-0.3, -0.25) is 4.79 Å². The van der Waals surface area contributed by atoms with E-state index in [1.165, 1.54) is 13.0 Å². The van der Waals surface area contributed by atoms with Gasteiger partial charge in [0.25, 0.3) is 0 Å². The summed E-state index contributed by atoms with van der Waals surface area (Å²) in [5, 5.41) is 49.2.